The number of hydrogen-bond donors (Lipinski definition) is 0. The Morgan fingerprint density at radius 3 is 2.43 bits per heavy atom. The lowest BCUT2D eigenvalue weighted by Gasteiger charge is -2.23. The first-order valence-electron chi connectivity index (χ1n) is 6.12. The van der Waals surface area contributed by atoms with E-state index in [2.05, 4.69) is 0 Å². The summed E-state index contributed by atoms with van der Waals surface area (Å²) in [6, 6.07) is 5.18. The molecule has 0 bridgehead atoms. The fraction of sp³-hybridized carbons (Fsp3) is 0.231. The molecular weight excluding hydrogens is 394 g/mol. The molecule has 1 heterocycles. The van der Waals surface area contributed by atoms with Crippen LogP contribution in [0.15, 0.2) is 39.9 Å². The van der Waals surface area contributed by atoms with Crippen molar-refractivity contribution in [2.24, 2.45) is 0 Å². The zero-order chi connectivity index (χ0) is 17.3. The zero-order valence-electron chi connectivity index (χ0n) is 11.3. The van der Waals surface area contributed by atoms with Crippen LogP contribution in [0.2, 0.25) is 10.0 Å². The Kier molecular flexibility index (Phi) is 5.63. The minimum absolute atomic E-state index is 0.0652. The fourth-order valence-corrected chi connectivity index (χ4v) is 4.64. The van der Waals surface area contributed by atoms with Crippen molar-refractivity contribution in [3.63, 3.8) is 0 Å². The van der Waals surface area contributed by atoms with Crippen LogP contribution in [0.5, 0.6) is 0 Å². The van der Waals surface area contributed by atoms with E-state index in [0.29, 0.717) is 9.87 Å². The second-order valence-electron chi connectivity index (χ2n) is 4.59. The Bertz CT molecular complexity index is 777. The first-order chi connectivity index (χ1) is 10.6. The third kappa shape index (κ3) is 4.84. The van der Waals surface area contributed by atoms with Gasteiger partial charge in [-0.05, 0) is 40.6 Å². The van der Waals surface area contributed by atoms with Crippen LogP contribution in [0, 0.1) is 0 Å². The Hall–Kier alpha value is -0.800. The number of hydrogen-bond acceptors (Lipinski definition) is 3. The van der Waals surface area contributed by atoms with Crippen LogP contribution < -0.4 is 0 Å². The quantitative estimate of drug-likeness (QED) is 0.718. The lowest BCUT2D eigenvalue weighted by atomic mass is 10.3. The van der Waals surface area contributed by atoms with E-state index in [1.165, 1.54) is 23.5 Å². The zero-order valence-corrected chi connectivity index (χ0v) is 14.5. The minimum atomic E-state index is -4.69. The summed E-state index contributed by atoms with van der Waals surface area (Å²) >= 11 is 12.8. The lowest BCUT2D eigenvalue weighted by molar-refractivity contribution is -0.136. The molecule has 0 saturated carbocycles. The van der Waals surface area contributed by atoms with Crippen LogP contribution in [0.1, 0.15) is 5.56 Å². The number of alkyl halides is 3. The Labute approximate surface area is 145 Å². The second kappa shape index (κ2) is 6.98. The molecule has 0 aliphatic heterocycles. The average Bonchev–Trinajstić information content (AvgIpc) is 2.92. The molecule has 0 atom stereocenters. The van der Waals surface area contributed by atoms with Gasteiger partial charge in [-0.3, -0.25) is 0 Å². The average molecular weight is 404 g/mol. The number of halogens is 5. The van der Waals surface area contributed by atoms with E-state index >= 15 is 0 Å². The molecule has 3 nitrogen and oxygen atoms in total. The van der Waals surface area contributed by atoms with Gasteiger partial charge in [0.15, 0.2) is 0 Å². The van der Waals surface area contributed by atoms with Crippen molar-refractivity contribution in [3.8, 4) is 0 Å². The van der Waals surface area contributed by atoms with Gasteiger partial charge in [0, 0.05) is 11.6 Å². The summed E-state index contributed by atoms with van der Waals surface area (Å²) in [6.45, 7) is -2.03. The van der Waals surface area contributed by atoms with Gasteiger partial charge in [-0.1, -0.05) is 23.2 Å². The van der Waals surface area contributed by atoms with Gasteiger partial charge in [-0.2, -0.15) is 28.8 Å². The third-order valence-electron chi connectivity index (χ3n) is 2.81. The van der Waals surface area contributed by atoms with Crippen molar-refractivity contribution in [2.45, 2.75) is 17.6 Å². The summed E-state index contributed by atoms with van der Waals surface area (Å²) in [5, 5.41) is 3.11. The predicted molar refractivity (Wildman–Crippen MR) is 84.4 cm³/mol. The number of thiophene rings is 1. The van der Waals surface area contributed by atoms with E-state index in [4.69, 9.17) is 23.2 Å². The van der Waals surface area contributed by atoms with Crippen molar-refractivity contribution in [3.05, 3.63) is 50.6 Å². The Balaban J connectivity index is 2.45. The maximum atomic E-state index is 12.8. The van der Waals surface area contributed by atoms with Gasteiger partial charge in [-0.25, -0.2) is 8.42 Å². The molecule has 0 aliphatic carbocycles. The van der Waals surface area contributed by atoms with Gasteiger partial charge in [0.1, 0.15) is 11.4 Å². The summed E-state index contributed by atoms with van der Waals surface area (Å²) in [7, 11) is -4.46. The molecule has 23 heavy (non-hydrogen) atoms. The van der Waals surface area contributed by atoms with Crippen molar-refractivity contribution in [1.29, 1.82) is 0 Å². The summed E-state index contributed by atoms with van der Waals surface area (Å²) in [5.74, 6) is 0. The second-order valence-corrected chi connectivity index (χ2v) is 8.12. The van der Waals surface area contributed by atoms with Gasteiger partial charge >= 0.3 is 6.18 Å². The van der Waals surface area contributed by atoms with Crippen molar-refractivity contribution in [2.75, 3.05) is 6.54 Å². The lowest BCUT2D eigenvalue weighted by Crippen LogP contribution is -2.38. The Morgan fingerprint density at radius 1 is 1.17 bits per heavy atom. The van der Waals surface area contributed by atoms with Crippen molar-refractivity contribution in [1.82, 2.24) is 4.31 Å². The molecule has 2 rings (SSSR count). The van der Waals surface area contributed by atoms with E-state index in [0.717, 1.165) is 6.07 Å². The predicted octanol–water partition coefficient (Wildman–Crippen LogP) is 4.81. The molecule has 0 radical (unpaired) electrons. The number of sulfonamides is 1. The van der Waals surface area contributed by atoms with Gasteiger partial charge < -0.3 is 0 Å². The van der Waals surface area contributed by atoms with Gasteiger partial charge in [-0.15, -0.1) is 0 Å². The first kappa shape index (κ1) is 18.5. The maximum Gasteiger partial charge on any atom is 0.402 e. The summed E-state index contributed by atoms with van der Waals surface area (Å²) < 4.78 is 63.9. The van der Waals surface area contributed by atoms with Gasteiger partial charge in [0.2, 0.25) is 10.0 Å². The highest BCUT2D eigenvalue weighted by molar-refractivity contribution is 7.89. The molecule has 1 aromatic carbocycles. The van der Waals surface area contributed by atoms with Gasteiger partial charge in [0.05, 0.1) is 5.02 Å². The number of benzene rings is 1. The van der Waals surface area contributed by atoms with Crippen molar-refractivity contribution < 1.29 is 21.6 Å². The molecular formula is C13H10Cl2F3NO2S2. The maximum absolute atomic E-state index is 12.8. The Morgan fingerprint density at radius 2 is 1.87 bits per heavy atom. The van der Waals surface area contributed by atoms with Crippen molar-refractivity contribution >= 4 is 44.6 Å². The molecule has 0 unspecified atom stereocenters. The van der Waals surface area contributed by atoms with Crippen LogP contribution in [0.25, 0.3) is 0 Å². The molecule has 0 N–H and O–H groups in total. The molecule has 10 heteroatoms. The minimum Gasteiger partial charge on any atom is -0.207 e. The summed E-state index contributed by atoms with van der Waals surface area (Å²) in [5.41, 5.74) is 0.459. The SMILES string of the molecule is O=S(=O)(c1cc(Cl)ccc1Cl)N(Cc1ccsc1)CC(F)(F)F. The molecule has 0 saturated heterocycles. The smallest absolute Gasteiger partial charge is 0.207 e. The monoisotopic (exact) mass is 403 g/mol. The molecule has 126 valence electrons. The highest BCUT2D eigenvalue weighted by atomic mass is 35.5. The van der Waals surface area contributed by atoms with E-state index in [1.807, 2.05) is 0 Å². The molecule has 0 spiro atoms. The van der Waals surface area contributed by atoms with Crippen LogP contribution in [0.3, 0.4) is 0 Å². The summed E-state index contributed by atoms with van der Waals surface area (Å²) in [6.07, 6.45) is -4.69. The van der Waals surface area contributed by atoms with Crippen LogP contribution in [-0.4, -0.2) is 25.4 Å². The standard InChI is InChI=1S/C13H10Cl2F3NO2S2/c14-10-1-2-11(15)12(5-10)23(20,21)19(8-13(16,17)18)6-9-3-4-22-7-9/h1-5,7H,6,8H2. The largest absolute Gasteiger partial charge is 0.402 e. The number of nitrogens with zero attached hydrogens (tertiary/aromatic N) is 1. The third-order valence-corrected chi connectivity index (χ3v) is 6.05. The normalized spacial score (nSPS) is 12.8. The fourth-order valence-electron chi connectivity index (χ4n) is 1.83. The van der Waals surface area contributed by atoms with E-state index < -0.39 is 34.2 Å². The molecule has 2 aromatic rings. The first-order valence-corrected chi connectivity index (χ1v) is 9.26. The van der Waals surface area contributed by atoms with Crippen LogP contribution >= 0.6 is 34.5 Å². The highest BCUT2D eigenvalue weighted by Gasteiger charge is 2.38. The molecule has 0 amide bonds. The van der Waals surface area contributed by atoms with E-state index in [9.17, 15) is 21.6 Å². The molecule has 1 aromatic heterocycles. The molecule has 0 fully saturated rings. The topological polar surface area (TPSA) is 37.4 Å². The highest BCUT2D eigenvalue weighted by Crippen LogP contribution is 2.30. The van der Waals surface area contributed by atoms with E-state index in [1.54, 1.807) is 16.8 Å². The van der Waals surface area contributed by atoms with Gasteiger partial charge in [0.25, 0.3) is 0 Å². The summed E-state index contributed by atoms with van der Waals surface area (Å²) in [4.78, 5) is -0.453. The van der Waals surface area contributed by atoms with E-state index in [-0.39, 0.29) is 10.0 Å². The molecule has 0 aliphatic rings. The number of rotatable bonds is 5. The van der Waals surface area contributed by atoms with Crippen LogP contribution in [0.4, 0.5) is 13.2 Å². The van der Waals surface area contributed by atoms with Crippen LogP contribution in [-0.2, 0) is 16.6 Å².